The summed E-state index contributed by atoms with van der Waals surface area (Å²) in [6, 6.07) is 6.05. The van der Waals surface area contributed by atoms with Crippen molar-refractivity contribution in [2.75, 3.05) is 31.1 Å². The van der Waals surface area contributed by atoms with Crippen molar-refractivity contribution >= 4 is 23.8 Å². The fraction of sp³-hybridized carbons (Fsp3) is 0.375. The minimum atomic E-state index is -1.29. The minimum Gasteiger partial charge on any atom is -0.478 e. The second-order valence-electron chi connectivity index (χ2n) is 9.36. The number of carbonyl (C=O) groups is 3. The van der Waals surface area contributed by atoms with Crippen molar-refractivity contribution in [2.45, 2.75) is 32.4 Å². The summed E-state index contributed by atoms with van der Waals surface area (Å²) in [6.07, 6.45) is -0.458. The highest BCUT2D eigenvalue weighted by Gasteiger charge is 2.43. The van der Waals surface area contributed by atoms with E-state index in [-0.39, 0.29) is 47.9 Å². The molecule has 2 aromatic carbocycles. The third kappa shape index (κ3) is 5.28. The summed E-state index contributed by atoms with van der Waals surface area (Å²) >= 11 is 0. The van der Waals surface area contributed by atoms with Gasteiger partial charge in [-0.3, -0.25) is 4.90 Å². The Morgan fingerprint density at radius 1 is 1.06 bits per heavy atom. The Bertz CT molecular complexity index is 1180. The largest absolute Gasteiger partial charge is 0.478 e. The first kappa shape index (κ1) is 24.2. The average Bonchev–Trinajstić information content (AvgIpc) is 3.09. The molecule has 0 aliphatic carbocycles. The van der Waals surface area contributed by atoms with Gasteiger partial charge in [-0.05, 0) is 45.0 Å². The number of aromatic carboxylic acids is 1. The molecule has 2 aromatic rings. The monoisotopic (exact) mass is 489 g/mol. The van der Waals surface area contributed by atoms with E-state index in [0.717, 1.165) is 18.2 Å². The molecule has 2 aliphatic rings. The van der Waals surface area contributed by atoms with Gasteiger partial charge in [-0.1, -0.05) is 0 Å². The standard InChI is InChI=1S/C24H25F2N3O6/c1-24(2,3)35-23(33)27-6-7-28-17(12-27)13-29(22(28)32)16-9-15(25)10-18(11-16)34-20-5-4-14(21(30)31)8-19(20)26/h4-5,8-11,17H,6-7,12-13H2,1-3H3,(H,30,31). The number of urea groups is 1. The number of carboxylic acids is 1. The Balaban J connectivity index is 1.51. The predicted octanol–water partition coefficient (Wildman–Crippen LogP) is 4.32. The van der Waals surface area contributed by atoms with Crippen molar-refractivity contribution in [3.05, 3.63) is 53.6 Å². The molecule has 3 amide bonds. The van der Waals surface area contributed by atoms with Gasteiger partial charge in [0.1, 0.15) is 17.2 Å². The van der Waals surface area contributed by atoms with Gasteiger partial charge in [-0.25, -0.2) is 23.2 Å². The van der Waals surface area contributed by atoms with Crippen molar-refractivity contribution in [3.63, 3.8) is 0 Å². The van der Waals surface area contributed by atoms with Crippen molar-refractivity contribution in [2.24, 2.45) is 0 Å². The number of ether oxygens (including phenoxy) is 2. The van der Waals surface area contributed by atoms with E-state index in [1.807, 2.05) is 0 Å². The summed E-state index contributed by atoms with van der Waals surface area (Å²) in [5.41, 5.74) is -0.683. The summed E-state index contributed by atoms with van der Waals surface area (Å²) in [6.45, 7) is 6.43. The van der Waals surface area contributed by atoms with Crippen LogP contribution < -0.4 is 9.64 Å². The lowest BCUT2D eigenvalue weighted by Gasteiger charge is -2.36. The molecule has 0 spiro atoms. The lowest BCUT2D eigenvalue weighted by Crippen LogP contribution is -2.54. The van der Waals surface area contributed by atoms with Crippen LogP contribution >= 0.6 is 0 Å². The summed E-state index contributed by atoms with van der Waals surface area (Å²) in [5, 5.41) is 8.97. The van der Waals surface area contributed by atoms with Crippen LogP contribution in [0.25, 0.3) is 0 Å². The molecule has 0 aromatic heterocycles. The van der Waals surface area contributed by atoms with Crippen molar-refractivity contribution in [1.29, 1.82) is 0 Å². The van der Waals surface area contributed by atoms with Crippen LogP contribution in [0.1, 0.15) is 31.1 Å². The summed E-state index contributed by atoms with van der Waals surface area (Å²) in [4.78, 5) is 41.0. The molecular formula is C24H25F2N3O6. The van der Waals surface area contributed by atoms with E-state index in [2.05, 4.69) is 0 Å². The van der Waals surface area contributed by atoms with Gasteiger partial charge in [0.2, 0.25) is 0 Å². The van der Waals surface area contributed by atoms with Crippen molar-refractivity contribution in [1.82, 2.24) is 9.80 Å². The molecule has 11 heteroatoms. The highest BCUT2D eigenvalue weighted by molar-refractivity contribution is 5.95. The lowest BCUT2D eigenvalue weighted by molar-refractivity contribution is 0.0128. The zero-order valence-electron chi connectivity index (χ0n) is 19.5. The number of fused-ring (bicyclic) bond motifs is 1. The Morgan fingerprint density at radius 2 is 1.80 bits per heavy atom. The number of rotatable bonds is 4. The first-order chi connectivity index (χ1) is 16.4. The number of benzene rings is 2. The average molecular weight is 489 g/mol. The number of amides is 3. The number of halogens is 2. The van der Waals surface area contributed by atoms with Crippen LogP contribution in [-0.4, -0.2) is 70.8 Å². The number of hydrogen-bond donors (Lipinski definition) is 1. The molecule has 9 nitrogen and oxygen atoms in total. The zero-order valence-corrected chi connectivity index (χ0v) is 19.5. The maximum atomic E-state index is 14.4. The van der Waals surface area contributed by atoms with Gasteiger partial charge >= 0.3 is 18.1 Å². The molecule has 2 heterocycles. The number of nitrogens with zero attached hydrogens (tertiary/aromatic N) is 3. The first-order valence-corrected chi connectivity index (χ1v) is 11.0. The maximum Gasteiger partial charge on any atom is 0.410 e. The van der Waals surface area contributed by atoms with Crippen LogP contribution in [0.3, 0.4) is 0 Å². The van der Waals surface area contributed by atoms with E-state index < -0.39 is 29.3 Å². The zero-order chi connectivity index (χ0) is 25.5. The van der Waals surface area contributed by atoms with Gasteiger partial charge in [0.25, 0.3) is 0 Å². The summed E-state index contributed by atoms with van der Waals surface area (Å²) < 4.78 is 39.5. The summed E-state index contributed by atoms with van der Waals surface area (Å²) in [5.74, 6) is -3.27. The van der Waals surface area contributed by atoms with Crippen LogP contribution in [-0.2, 0) is 4.74 Å². The lowest BCUT2D eigenvalue weighted by atomic mass is 10.2. The molecule has 1 N–H and O–H groups in total. The summed E-state index contributed by atoms with van der Waals surface area (Å²) in [7, 11) is 0. The smallest absolute Gasteiger partial charge is 0.410 e. The molecule has 186 valence electrons. The normalized spacial score (nSPS) is 17.9. The highest BCUT2D eigenvalue weighted by atomic mass is 19.1. The van der Waals surface area contributed by atoms with E-state index in [9.17, 15) is 23.2 Å². The van der Waals surface area contributed by atoms with Crippen LogP contribution in [0.5, 0.6) is 11.5 Å². The van der Waals surface area contributed by atoms with Crippen molar-refractivity contribution in [3.8, 4) is 11.5 Å². The molecule has 0 saturated carbocycles. The first-order valence-electron chi connectivity index (χ1n) is 11.0. The van der Waals surface area contributed by atoms with Crippen LogP contribution in [0, 0.1) is 11.6 Å². The molecule has 1 unspecified atom stereocenters. The third-order valence-electron chi connectivity index (χ3n) is 5.58. The number of piperazine rings is 1. The van der Waals surface area contributed by atoms with E-state index in [1.54, 1.807) is 30.6 Å². The molecule has 35 heavy (non-hydrogen) atoms. The second kappa shape index (κ2) is 9.05. The van der Waals surface area contributed by atoms with E-state index in [1.165, 1.54) is 23.1 Å². The van der Waals surface area contributed by atoms with Gasteiger partial charge in [0.05, 0.1) is 17.3 Å². The number of carbonyl (C=O) groups excluding carboxylic acids is 2. The molecule has 4 rings (SSSR count). The quantitative estimate of drug-likeness (QED) is 0.687. The van der Waals surface area contributed by atoms with Gasteiger partial charge in [0, 0.05) is 38.3 Å². The minimum absolute atomic E-state index is 0.0602. The number of carboxylic acid groups (broad SMARTS) is 1. The fourth-order valence-corrected chi connectivity index (χ4v) is 4.02. The molecule has 2 saturated heterocycles. The molecule has 1 atom stereocenters. The van der Waals surface area contributed by atoms with Crippen LogP contribution in [0.15, 0.2) is 36.4 Å². The Labute approximate surface area is 200 Å². The highest BCUT2D eigenvalue weighted by Crippen LogP contribution is 2.33. The van der Waals surface area contributed by atoms with E-state index in [4.69, 9.17) is 14.6 Å². The van der Waals surface area contributed by atoms with Crippen LogP contribution in [0.2, 0.25) is 0 Å². The Morgan fingerprint density at radius 3 is 2.46 bits per heavy atom. The fourth-order valence-electron chi connectivity index (χ4n) is 4.02. The molecule has 0 radical (unpaired) electrons. The molecular weight excluding hydrogens is 464 g/mol. The van der Waals surface area contributed by atoms with Gasteiger partial charge in [-0.15, -0.1) is 0 Å². The molecule has 2 aliphatic heterocycles. The van der Waals surface area contributed by atoms with Crippen LogP contribution in [0.4, 0.5) is 24.1 Å². The predicted molar refractivity (Wildman–Crippen MR) is 121 cm³/mol. The van der Waals surface area contributed by atoms with Crippen molar-refractivity contribution < 1.29 is 37.7 Å². The van der Waals surface area contributed by atoms with Gasteiger partial charge in [-0.2, -0.15) is 0 Å². The van der Waals surface area contributed by atoms with E-state index in [0.29, 0.717) is 13.1 Å². The number of anilines is 1. The maximum absolute atomic E-state index is 14.4. The number of hydrogen-bond acceptors (Lipinski definition) is 5. The second-order valence-corrected chi connectivity index (χ2v) is 9.36. The van der Waals surface area contributed by atoms with Gasteiger partial charge in [0.15, 0.2) is 11.6 Å². The van der Waals surface area contributed by atoms with E-state index >= 15 is 0 Å². The Kier molecular flexibility index (Phi) is 6.27. The topological polar surface area (TPSA) is 99.6 Å². The third-order valence-corrected chi connectivity index (χ3v) is 5.58. The molecule has 2 fully saturated rings. The molecule has 0 bridgehead atoms. The Hall–Kier alpha value is -3.89. The van der Waals surface area contributed by atoms with Gasteiger partial charge < -0.3 is 24.4 Å². The SMILES string of the molecule is CC(C)(C)OC(=O)N1CCN2C(=O)N(c3cc(F)cc(Oc4ccc(C(=O)O)cc4F)c3)CC2C1.